The van der Waals surface area contributed by atoms with Crippen LogP contribution in [0.3, 0.4) is 0 Å². The molecule has 1 aromatic rings. The van der Waals surface area contributed by atoms with Gasteiger partial charge in [0.05, 0.1) is 0 Å². The van der Waals surface area contributed by atoms with Crippen molar-refractivity contribution in [3.05, 3.63) is 35.6 Å². The number of nitrogens with one attached hydrogen (secondary N) is 1. The van der Waals surface area contributed by atoms with Crippen LogP contribution in [0.5, 0.6) is 0 Å². The third-order valence-electron chi connectivity index (χ3n) is 5.60. The number of benzene rings is 1. The lowest BCUT2D eigenvalue weighted by molar-refractivity contribution is -0.135. The van der Waals surface area contributed by atoms with Gasteiger partial charge in [0.2, 0.25) is 5.91 Å². The molecule has 26 heavy (non-hydrogen) atoms. The van der Waals surface area contributed by atoms with Gasteiger partial charge in [-0.2, -0.15) is 0 Å². The van der Waals surface area contributed by atoms with Crippen LogP contribution in [0.2, 0.25) is 0 Å². The lowest BCUT2D eigenvalue weighted by Crippen LogP contribution is -2.56. The standard InChI is InChI=1S/C20H28FN3O2/c1-15(17-5-3-2-4-6-17)22-20(26)24-12-11-23(19(25)14-24)13-16-7-9-18(21)10-8-16/h7-10,15,17H,2-6,11-14H2,1H3,(H,22,26)/t15-/m0/s1. The Morgan fingerprint density at radius 3 is 2.54 bits per heavy atom. The third kappa shape index (κ3) is 4.74. The van der Waals surface area contributed by atoms with Gasteiger partial charge in [0, 0.05) is 25.7 Å². The van der Waals surface area contributed by atoms with E-state index in [2.05, 4.69) is 12.2 Å². The van der Waals surface area contributed by atoms with Crippen molar-refractivity contribution in [3.63, 3.8) is 0 Å². The van der Waals surface area contributed by atoms with E-state index in [1.807, 2.05) is 0 Å². The second kappa shape index (κ2) is 8.52. The summed E-state index contributed by atoms with van der Waals surface area (Å²) in [5.74, 6) is 0.192. The van der Waals surface area contributed by atoms with Gasteiger partial charge in [0.15, 0.2) is 0 Å². The summed E-state index contributed by atoms with van der Waals surface area (Å²) in [5.41, 5.74) is 0.892. The molecule has 3 amide bonds. The summed E-state index contributed by atoms with van der Waals surface area (Å²) in [5, 5.41) is 3.09. The molecule has 0 spiro atoms. The Morgan fingerprint density at radius 1 is 1.19 bits per heavy atom. The maximum atomic E-state index is 13.0. The minimum atomic E-state index is -0.284. The summed E-state index contributed by atoms with van der Waals surface area (Å²) in [6.45, 7) is 3.65. The number of carbonyl (C=O) groups excluding carboxylic acids is 2. The lowest BCUT2D eigenvalue weighted by Gasteiger charge is -2.36. The summed E-state index contributed by atoms with van der Waals surface area (Å²) >= 11 is 0. The van der Waals surface area contributed by atoms with Gasteiger partial charge >= 0.3 is 6.03 Å². The minimum absolute atomic E-state index is 0.0685. The van der Waals surface area contributed by atoms with E-state index >= 15 is 0 Å². The minimum Gasteiger partial charge on any atom is -0.335 e. The van der Waals surface area contributed by atoms with Crippen molar-refractivity contribution in [2.24, 2.45) is 5.92 Å². The first-order valence-electron chi connectivity index (χ1n) is 9.60. The number of hydrogen-bond acceptors (Lipinski definition) is 2. The van der Waals surface area contributed by atoms with Crippen LogP contribution in [0.15, 0.2) is 24.3 Å². The smallest absolute Gasteiger partial charge is 0.318 e. The Kier molecular flexibility index (Phi) is 6.12. The Labute approximate surface area is 154 Å². The quantitative estimate of drug-likeness (QED) is 0.896. The SMILES string of the molecule is C[C@H](NC(=O)N1CCN(Cc2ccc(F)cc2)C(=O)C1)C1CCCCC1. The van der Waals surface area contributed by atoms with Crippen molar-refractivity contribution < 1.29 is 14.0 Å². The highest BCUT2D eigenvalue weighted by atomic mass is 19.1. The molecule has 3 rings (SSSR count). The average molecular weight is 361 g/mol. The molecule has 1 aliphatic carbocycles. The van der Waals surface area contributed by atoms with E-state index in [9.17, 15) is 14.0 Å². The van der Waals surface area contributed by atoms with E-state index in [-0.39, 0.29) is 30.3 Å². The molecule has 1 aliphatic heterocycles. The lowest BCUT2D eigenvalue weighted by atomic mass is 9.84. The molecule has 1 saturated heterocycles. The Balaban J connectivity index is 1.48. The molecule has 0 radical (unpaired) electrons. The maximum Gasteiger partial charge on any atom is 0.318 e. The van der Waals surface area contributed by atoms with Gasteiger partial charge in [-0.1, -0.05) is 31.4 Å². The van der Waals surface area contributed by atoms with Crippen molar-refractivity contribution in [2.75, 3.05) is 19.6 Å². The normalized spacial score (nSPS) is 20.2. The summed E-state index contributed by atoms with van der Waals surface area (Å²) < 4.78 is 13.0. The summed E-state index contributed by atoms with van der Waals surface area (Å²) in [4.78, 5) is 28.2. The van der Waals surface area contributed by atoms with Gasteiger partial charge < -0.3 is 15.1 Å². The molecule has 1 atom stereocenters. The van der Waals surface area contributed by atoms with Crippen LogP contribution >= 0.6 is 0 Å². The first kappa shape index (κ1) is 18.7. The van der Waals surface area contributed by atoms with E-state index in [1.54, 1.807) is 21.9 Å². The van der Waals surface area contributed by atoms with E-state index in [0.29, 0.717) is 25.6 Å². The first-order valence-corrected chi connectivity index (χ1v) is 9.60. The zero-order chi connectivity index (χ0) is 18.5. The second-order valence-corrected chi connectivity index (χ2v) is 7.50. The number of piperazine rings is 1. The number of urea groups is 1. The highest BCUT2D eigenvalue weighted by Crippen LogP contribution is 2.26. The second-order valence-electron chi connectivity index (χ2n) is 7.50. The topological polar surface area (TPSA) is 52.7 Å². The van der Waals surface area contributed by atoms with Crippen molar-refractivity contribution in [1.82, 2.24) is 15.1 Å². The average Bonchev–Trinajstić information content (AvgIpc) is 2.65. The Morgan fingerprint density at radius 2 is 1.88 bits per heavy atom. The number of carbonyl (C=O) groups is 2. The fraction of sp³-hybridized carbons (Fsp3) is 0.600. The number of halogens is 1. The maximum absolute atomic E-state index is 13.0. The van der Waals surface area contributed by atoms with Gasteiger partial charge in [-0.05, 0) is 43.4 Å². The summed E-state index contributed by atoms with van der Waals surface area (Å²) in [7, 11) is 0. The van der Waals surface area contributed by atoms with Crippen molar-refractivity contribution in [3.8, 4) is 0 Å². The monoisotopic (exact) mass is 361 g/mol. The van der Waals surface area contributed by atoms with E-state index < -0.39 is 0 Å². The van der Waals surface area contributed by atoms with Gasteiger partial charge in [0.25, 0.3) is 0 Å². The molecule has 0 aromatic heterocycles. The fourth-order valence-corrected chi connectivity index (χ4v) is 3.90. The number of hydrogen-bond donors (Lipinski definition) is 1. The highest BCUT2D eigenvalue weighted by molar-refractivity contribution is 5.85. The highest BCUT2D eigenvalue weighted by Gasteiger charge is 2.29. The molecule has 2 fully saturated rings. The fourth-order valence-electron chi connectivity index (χ4n) is 3.90. The molecular formula is C20H28FN3O2. The molecule has 6 heteroatoms. The van der Waals surface area contributed by atoms with Gasteiger partial charge in [-0.15, -0.1) is 0 Å². The molecule has 1 aromatic carbocycles. The summed E-state index contributed by atoms with van der Waals surface area (Å²) in [6, 6.07) is 6.18. The van der Waals surface area contributed by atoms with E-state index in [0.717, 1.165) is 5.56 Å². The molecule has 1 N–H and O–H groups in total. The molecule has 5 nitrogen and oxygen atoms in total. The molecule has 142 valence electrons. The largest absolute Gasteiger partial charge is 0.335 e. The molecule has 1 heterocycles. The molecular weight excluding hydrogens is 333 g/mol. The van der Waals surface area contributed by atoms with E-state index in [1.165, 1.54) is 44.2 Å². The molecule has 2 aliphatic rings. The van der Waals surface area contributed by atoms with Gasteiger partial charge in [0.1, 0.15) is 12.4 Å². The molecule has 0 bridgehead atoms. The van der Waals surface area contributed by atoms with Crippen molar-refractivity contribution >= 4 is 11.9 Å². The molecule has 1 saturated carbocycles. The van der Waals surface area contributed by atoms with Gasteiger partial charge in [-0.3, -0.25) is 4.79 Å². The van der Waals surface area contributed by atoms with Crippen LogP contribution in [-0.4, -0.2) is 47.4 Å². The Hall–Kier alpha value is -2.11. The number of nitrogens with zero attached hydrogens (tertiary/aromatic N) is 2. The van der Waals surface area contributed by atoms with Crippen LogP contribution in [0, 0.1) is 11.7 Å². The van der Waals surface area contributed by atoms with Crippen LogP contribution in [0.25, 0.3) is 0 Å². The zero-order valence-corrected chi connectivity index (χ0v) is 15.4. The van der Waals surface area contributed by atoms with Crippen LogP contribution in [0.1, 0.15) is 44.6 Å². The van der Waals surface area contributed by atoms with Crippen LogP contribution < -0.4 is 5.32 Å². The molecule has 0 unspecified atom stereocenters. The first-order chi connectivity index (χ1) is 12.5. The number of amides is 3. The van der Waals surface area contributed by atoms with Gasteiger partial charge in [-0.25, -0.2) is 9.18 Å². The van der Waals surface area contributed by atoms with Crippen molar-refractivity contribution in [1.29, 1.82) is 0 Å². The van der Waals surface area contributed by atoms with Crippen LogP contribution in [-0.2, 0) is 11.3 Å². The Bertz CT molecular complexity index is 628. The predicted octanol–water partition coefficient (Wildman–Crippen LogP) is 3.15. The number of rotatable bonds is 4. The summed E-state index contributed by atoms with van der Waals surface area (Å²) in [6.07, 6.45) is 6.12. The van der Waals surface area contributed by atoms with Crippen molar-refractivity contribution in [2.45, 2.75) is 51.6 Å². The zero-order valence-electron chi connectivity index (χ0n) is 15.4. The van der Waals surface area contributed by atoms with Crippen LogP contribution in [0.4, 0.5) is 9.18 Å². The third-order valence-corrected chi connectivity index (χ3v) is 5.60. The van der Waals surface area contributed by atoms with E-state index in [4.69, 9.17) is 0 Å². The predicted molar refractivity (Wildman–Crippen MR) is 98.0 cm³/mol.